The molecule has 0 saturated heterocycles. The highest BCUT2D eigenvalue weighted by molar-refractivity contribution is 7.99. The van der Waals surface area contributed by atoms with Crippen LogP contribution < -0.4 is 5.32 Å². The second-order valence-corrected chi connectivity index (χ2v) is 6.28. The molecule has 1 heterocycles. The lowest BCUT2D eigenvalue weighted by Gasteiger charge is -2.14. The van der Waals surface area contributed by atoms with Crippen LogP contribution in [0.1, 0.15) is 39.2 Å². The normalized spacial score (nSPS) is 12.9. The van der Waals surface area contributed by atoms with E-state index in [0.29, 0.717) is 6.04 Å². The van der Waals surface area contributed by atoms with Crippen LogP contribution >= 0.6 is 11.8 Å². The molecule has 1 unspecified atom stereocenters. The summed E-state index contributed by atoms with van der Waals surface area (Å²) in [5, 5.41) is 4.42. The van der Waals surface area contributed by atoms with Crippen molar-refractivity contribution in [2.75, 3.05) is 12.3 Å². The Bertz CT molecular complexity index is 324. The molecule has 0 aliphatic heterocycles. The van der Waals surface area contributed by atoms with Crippen LogP contribution in [0.3, 0.4) is 0 Å². The van der Waals surface area contributed by atoms with Crippen molar-refractivity contribution < 1.29 is 0 Å². The number of nitrogens with one attached hydrogen (secondary N) is 1. The van der Waals surface area contributed by atoms with Gasteiger partial charge in [0.25, 0.3) is 0 Å². The van der Waals surface area contributed by atoms with Crippen molar-refractivity contribution in [2.45, 2.75) is 51.7 Å². The van der Waals surface area contributed by atoms with Crippen LogP contribution in [0.15, 0.2) is 17.6 Å². The molecular weight excluding hydrogens is 242 g/mol. The summed E-state index contributed by atoms with van der Waals surface area (Å²) in [5.41, 5.74) is 1.11. The SMILES string of the molecule is Cc1cnc(SCCNC(C)CCC(C)C)nc1. The van der Waals surface area contributed by atoms with Gasteiger partial charge in [0.05, 0.1) is 0 Å². The average Bonchev–Trinajstić information content (AvgIpc) is 2.34. The van der Waals surface area contributed by atoms with E-state index in [-0.39, 0.29) is 0 Å². The van der Waals surface area contributed by atoms with Gasteiger partial charge in [0.15, 0.2) is 5.16 Å². The third kappa shape index (κ3) is 6.97. The Labute approximate surface area is 115 Å². The van der Waals surface area contributed by atoms with Crippen LogP contribution in [0.2, 0.25) is 0 Å². The van der Waals surface area contributed by atoms with Gasteiger partial charge in [-0.3, -0.25) is 0 Å². The molecule has 0 aromatic carbocycles. The first-order valence-corrected chi connectivity index (χ1v) is 7.71. The van der Waals surface area contributed by atoms with Crippen LogP contribution in [-0.4, -0.2) is 28.3 Å². The number of aromatic nitrogens is 2. The zero-order valence-corrected chi connectivity index (χ0v) is 12.8. The fraction of sp³-hybridized carbons (Fsp3) is 0.714. The second-order valence-electron chi connectivity index (χ2n) is 5.22. The van der Waals surface area contributed by atoms with Crippen molar-refractivity contribution in [3.05, 3.63) is 18.0 Å². The molecule has 0 spiro atoms. The Kier molecular flexibility index (Phi) is 7.28. The fourth-order valence-electron chi connectivity index (χ4n) is 1.59. The van der Waals surface area contributed by atoms with Gasteiger partial charge in [0.2, 0.25) is 0 Å². The second kappa shape index (κ2) is 8.48. The molecule has 3 nitrogen and oxygen atoms in total. The smallest absolute Gasteiger partial charge is 0.187 e. The molecule has 4 heteroatoms. The molecule has 0 amide bonds. The van der Waals surface area contributed by atoms with Gasteiger partial charge >= 0.3 is 0 Å². The molecule has 0 aliphatic carbocycles. The van der Waals surface area contributed by atoms with Gasteiger partial charge in [-0.1, -0.05) is 25.6 Å². The summed E-state index contributed by atoms with van der Waals surface area (Å²) in [7, 11) is 0. The van der Waals surface area contributed by atoms with E-state index in [1.807, 2.05) is 19.3 Å². The molecule has 0 radical (unpaired) electrons. The molecular formula is C14H25N3S. The summed E-state index contributed by atoms with van der Waals surface area (Å²) in [5.74, 6) is 1.82. The van der Waals surface area contributed by atoms with Crippen LogP contribution in [-0.2, 0) is 0 Å². The van der Waals surface area contributed by atoms with Gasteiger partial charge in [0.1, 0.15) is 0 Å². The van der Waals surface area contributed by atoms with E-state index in [9.17, 15) is 0 Å². The lowest BCUT2D eigenvalue weighted by molar-refractivity contribution is 0.460. The Morgan fingerprint density at radius 2 is 1.83 bits per heavy atom. The zero-order valence-electron chi connectivity index (χ0n) is 11.9. The molecule has 1 atom stereocenters. The predicted octanol–water partition coefficient (Wildman–Crippen LogP) is 3.29. The summed E-state index contributed by atoms with van der Waals surface area (Å²) in [4.78, 5) is 8.56. The molecule has 1 aromatic rings. The zero-order chi connectivity index (χ0) is 13.4. The number of aryl methyl sites for hydroxylation is 1. The summed E-state index contributed by atoms with van der Waals surface area (Å²) in [6.45, 7) is 9.83. The van der Waals surface area contributed by atoms with Gasteiger partial charge in [-0.15, -0.1) is 0 Å². The molecule has 1 aromatic heterocycles. The summed E-state index contributed by atoms with van der Waals surface area (Å²) in [6, 6.07) is 0.604. The highest BCUT2D eigenvalue weighted by atomic mass is 32.2. The van der Waals surface area contributed by atoms with E-state index in [0.717, 1.165) is 28.9 Å². The third-order valence-electron chi connectivity index (χ3n) is 2.76. The van der Waals surface area contributed by atoms with Crippen molar-refractivity contribution in [1.29, 1.82) is 0 Å². The largest absolute Gasteiger partial charge is 0.313 e. The van der Waals surface area contributed by atoms with Crippen molar-refractivity contribution in [1.82, 2.24) is 15.3 Å². The topological polar surface area (TPSA) is 37.8 Å². The molecule has 0 fully saturated rings. The minimum absolute atomic E-state index is 0.604. The van der Waals surface area contributed by atoms with Crippen LogP contribution in [0.25, 0.3) is 0 Å². The maximum Gasteiger partial charge on any atom is 0.187 e. The molecule has 102 valence electrons. The Hall–Kier alpha value is -0.610. The molecule has 18 heavy (non-hydrogen) atoms. The summed E-state index contributed by atoms with van der Waals surface area (Å²) in [6.07, 6.45) is 6.29. The highest BCUT2D eigenvalue weighted by Gasteiger charge is 2.03. The maximum absolute atomic E-state index is 4.28. The van der Waals surface area contributed by atoms with Crippen LogP contribution in [0, 0.1) is 12.8 Å². The number of hydrogen-bond donors (Lipinski definition) is 1. The van der Waals surface area contributed by atoms with Gasteiger partial charge in [-0.2, -0.15) is 0 Å². The van der Waals surface area contributed by atoms with Gasteiger partial charge < -0.3 is 5.32 Å². The van der Waals surface area contributed by atoms with Gasteiger partial charge in [0, 0.05) is 30.7 Å². The van der Waals surface area contributed by atoms with Crippen LogP contribution in [0.4, 0.5) is 0 Å². The van der Waals surface area contributed by atoms with E-state index in [4.69, 9.17) is 0 Å². The fourth-order valence-corrected chi connectivity index (χ4v) is 2.25. The standard InChI is InChI=1S/C14H25N3S/c1-11(2)5-6-13(4)15-7-8-18-14-16-9-12(3)10-17-14/h9-11,13,15H,5-8H2,1-4H3. The minimum atomic E-state index is 0.604. The minimum Gasteiger partial charge on any atom is -0.313 e. The molecule has 0 saturated carbocycles. The van der Waals surface area contributed by atoms with Crippen molar-refractivity contribution >= 4 is 11.8 Å². The maximum atomic E-state index is 4.28. The lowest BCUT2D eigenvalue weighted by atomic mass is 10.0. The Balaban J connectivity index is 2.09. The van der Waals surface area contributed by atoms with Gasteiger partial charge in [-0.05, 0) is 38.2 Å². The van der Waals surface area contributed by atoms with Crippen molar-refractivity contribution in [3.8, 4) is 0 Å². The van der Waals surface area contributed by atoms with Crippen LogP contribution in [0.5, 0.6) is 0 Å². The Morgan fingerprint density at radius 3 is 2.44 bits per heavy atom. The number of rotatable bonds is 8. The number of thioether (sulfide) groups is 1. The first-order valence-electron chi connectivity index (χ1n) is 6.72. The number of hydrogen-bond acceptors (Lipinski definition) is 4. The van der Waals surface area contributed by atoms with E-state index in [1.165, 1.54) is 12.8 Å². The predicted molar refractivity (Wildman–Crippen MR) is 79.0 cm³/mol. The van der Waals surface area contributed by atoms with E-state index in [2.05, 4.69) is 36.1 Å². The van der Waals surface area contributed by atoms with E-state index >= 15 is 0 Å². The van der Waals surface area contributed by atoms with E-state index in [1.54, 1.807) is 11.8 Å². The van der Waals surface area contributed by atoms with Crippen molar-refractivity contribution in [2.24, 2.45) is 5.92 Å². The quantitative estimate of drug-likeness (QED) is 0.445. The van der Waals surface area contributed by atoms with Crippen molar-refractivity contribution in [3.63, 3.8) is 0 Å². The highest BCUT2D eigenvalue weighted by Crippen LogP contribution is 2.11. The molecule has 1 N–H and O–H groups in total. The third-order valence-corrected chi connectivity index (χ3v) is 3.64. The van der Waals surface area contributed by atoms with E-state index < -0.39 is 0 Å². The lowest BCUT2D eigenvalue weighted by Crippen LogP contribution is -2.28. The van der Waals surface area contributed by atoms with Gasteiger partial charge in [-0.25, -0.2) is 9.97 Å². The average molecular weight is 267 g/mol. The molecule has 0 aliphatic rings. The molecule has 1 rings (SSSR count). The summed E-state index contributed by atoms with van der Waals surface area (Å²) >= 11 is 1.71. The molecule has 0 bridgehead atoms. The first-order chi connectivity index (χ1) is 8.58. The Morgan fingerprint density at radius 1 is 1.17 bits per heavy atom. The first kappa shape index (κ1) is 15.4. The monoisotopic (exact) mass is 267 g/mol. The number of nitrogens with zero attached hydrogens (tertiary/aromatic N) is 2. The summed E-state index contributed by atoms with van der Waals surface area (Å²) < 4.78 is 0.